The summed E-state index contributed by atoms with van der Waals surface area (Å²) in [7, 11) is 0. The standard InChI is InChI=1S/C25H27ClN4O4.C2HF3O2/c1-15-7-6-10-19(26)22(15)30-25(34)29-21-14-17-9-3-2-8-16(17)13-18(21)23(31)28-20(24(32)33)11-4-5-12-27;3-2(4,5)1(6)7/h2-3,6-10,13-14,20H,4-5,11-12,27H2,1H3,(H,28,31)(H,32,33)(H2,29,30,34);(H,6,7)/t20-;/m0./s1. The second-order valence-corrected chi connectivity index (χ2v) is 9.11. The van der Waals surface area contributed by atoms with E-state index in [0.717, 1.165) is 16.3 Å². The Balaban J connectivity index is 0.000000745. The highest BCUT2D eigenvalue weighted by atomic mass is 35.5. The third-order valence-corrected chi connectivity index (χ3v) is 5.95. The SMILES string of the molecule is Cc1cccc(Cl)c1NC(=O)Nc1cc2ccccc2cc1C(=O)N[C@@H](CCCCN)C(=O)O.O=C(O)C(F)(F)F. The summed E-state index contributed by atoms with van der Waals surface area (Å²) in [4.78, 5) is 46.5. The van der Waals surface area contributed by atoms with Crippen molar-refractivity contribution in [2.45, 2.75) is 38.4 Å². The molecule has 41 heavy (non-hydrogen) atoms. The number of carbonyl (C=O) groups excluding carboxylic acids is 2. The number of hydrogen-bond donors (Lipinski definition) is 6. The van der Waals surface area contributed by atoms with Gasteiger partial charge in [-0.3, -0.25) is 4.79 Å². The van der Waals surface area contributed by atoms with Gasteiger partial charge in [-0.25, -0.2) is 14.4 Å². The van der Waals surface area contributed by atoms with E-state index in [1.165, 1.54) is 0 Å². The molecule has 0 fully saturated rings. The molecular formula is C27H28ClF3N4O6. The number of nitrogens with two attached hydrogens (primary N) is 1. The normalized spacial score (nSPS) is 11.6. The molecule has 0 heterocycles. The minimum absolute atomic E-state index is 0.148. The first-order valence-electron chi connectivity index (χ1n) is 12.1. The van der Waals surface area contributed by atoms with E-state index in [-0.39, 0.29) is 17.7 Å². The molecule has 7 N–H and O–H groups in total. The maximum atomic E-state index is 13.1. The molecule has 220 valence electrons. The number of amides is 3. The van der Waals surface area contributed by atoms with Crippen LogP contribution in [0.2, 0.25) is 5.02 Å². The summed E-state index contributed by atoms with van der Waals surface area (Å²) in [6.07, 6.45) is -3.61. The number of nitrogens with one attached hydrogen (secondary N) is 3. The number of carboxylic acids is 2. The Morgan fingerprint density at radius 2 is 1.56 bits per heavy atom. The van der Waals surface area contributed by atoms with E-state index >= 15 is 0 Å². The monoisotopic (exact) mass is 596 g/mol. The van der Waals surface area contributed by atoms with Crippen LogP contribution < -0.4 is 21.7 Å². The van der Waals surface area contributed by atoms with Crippen molar-refractivity contribution in [3.8, 4) is 0 Å². The molecule has 0 aliphatic carbocycles. The van der Waals surface area contributed by atoms with Crippen LogP contribution in [-0.2, 0) is 9.59 Å². The lowest BCUT2D eigenvalue weighted by atomic mass is 10.0. The van der Waals surface area contributed by atoms with Gasteiger partial charge in [0.2, 0.25) is 0 Å². The summed E-state index contributed by atoms with van der Waals surface area (Å²) < 4.78 is 31.7. The lowest BCUT2D eigenvalue weighted by molar-refractivity contribution is -0.192. The highest BCUT2D eigenvalue weighted by Gasteiger charge is 2.38. The first-order valence-corrected chi connectivity index (χ1v) is 12.5. The molecule has 1 atom stereocenters. The number of unbranched alkanes of at least 4 members (excludes halogenated alkanes) is 1. The minimum Gasteiger partial charge on any atom is -0.480 e. The van der Waals surface area contributed by atoms with Crippen molar-refractivity contribution in [2.75, 3.05) is 17.2 Å². The van der Waals surface area contributed by atoms with E-state index in [0.29, 0.717) is 30.1 Å². The van der Waals surface area contributed by atoms with Gasteiger partial charge in [0.25, 0.3) is 5.91 Å². The number of fused-ring (bicyclic) bond motifs is 1. The van der Waals surface area contributed by atoms with Crippen molar-refractivity contribution >= 4 is 57.6 Å². The number of aliphatic carboxylic acids is 2. The van der Waals surface area contributed by atoms with Gasteiger partial charge in [0.1, 0.15) is 6.04 Å². The molecule has 10 nitrogen and oxygen atoms in total. The first kappa shape index (κ1) is 32.8. The van der Waals surface area contributed by atoms with Gasteiger partial charge in [0.05, 0.1) is 22.0 Å². The molecule has 0 aliphatic heterocycles. The third kappa shape index (κ3) is 9.96. The molecular weight excluding hydrogens is 569 g/mol. The van der Waals surface area contributed by atoms with Crippen molar-refractivity contribution < 1.29 is 42.6 Å². The minimum atomic E-state index is -5.08. The van der Waals surface area contributed by atoms with Crippen LogP contribution in [0, 0.1) is 6.92 Å². The molecule has 0 radical (unpaired) electrons. The van der Waals surface area contributed by atoms with Crippen molar-refractivity contribution in [3.63, 3.8) is 0 Å². The zero-order valence-electron chi connectivity index (χ0n) is 21.7. The average Bonchev–Trinajstić information content (AvgIpc) is 2.89. The number of hydrogen-bond acceptors (Lipinski definition) is 5. The van der Waals surface area contributed by atoms with Crippen molar-refractivity contribution in [3.05, 3.63) is 70.7 Å². The molecule has 0 saturated carbocycles. The van der Waals surface area contributed by atoms with Gasteiger partial charge in [-0.15, -0.1) is 0 Å². The topological polar surface area (TPSA) is 171 Å². The van der Waals surface area contributed by atoms with Gasteiger partial charge in [0, 0.05) is 0 Å². The molecule has 0 aliphatic rings. The Bertz CT molecular complexity index is 1400. The van der Waals surface area contributed by atoms with E-state index in [2.05, 4.69) is 16.0 Å². The van der Waals surface area contributed by atoms with Crippen LogP contribution >= 0.6 is 11.6 Å². The lowest BCUT2D eigenvalue weighted by Gasteiger charge is -2.18. The number of alkyl halides is 3. The number of carboxylic acid groups (broad SMARTS) is 2. The molecule has 0 saturated heterocycles. The molecule has 0 bridgehead atoms. The lowest BCUT2D eigenvalue weighted by Crippen LogP contribution is -2.41. The quantitative estimate of drug-likeness (QED) is 0.180. The zero-order valence-corrected chi connectivity index (χ0v) is 22.5. The predicted molar refractivity (Wildman–Crippen MR) is 148 cm³/mol. The summed E-state index contributed by atoms with van der Waals surface area (Å²) in [6, 6.07) is 14.3. The summed E-state index contributed by atoms with van der Waals surface area (Å²) in [5.41, 5.74) is 7.11. The molecule has 3 rings (SSSR count). The summed E-state index contributed by atoms with van der Waals surface area (Å²) in [5.74, 6) is -4.49. The number of benzene rings is 3. The summed E-state index contributed by atoms with van der Waals surface area (Å²) in [5, 5.41) is 26.6. The van der Waals surface area contributed by atoms with Gasteiger partial charge in [-0.05, 0) is 67.3 Å². The zero-order chi connectivity index (χ0) is 30.7. The number of halogens is 4. The van der Waals surface area contributed by atoms with Gasteiger partial charge < -0.3 is 31.9 Å². The van der Waals surface area contributed by atoms with E-state index < -0.39 is 36.1 Å². The number of aryl methyl sites for hydroxylation is 1. The predicted octanol–water partition coefficient (Wildman–Crippen LogP) is 5.39. The fourth-order valence-corrected chi connectivity index (χ4v) is 3.84. The largest absolute Gasteiger partial charge is 0.490 e. The maximum absolute atomic E-state index is 13.1. The van der Waals surface area contributed by atoms with E-state index in [4.69, 9.17) is 27.2 Å². The van der Waals surface area contributed by atoms with Crippen molar-refractivity contribution in [2.24, 2.45) is 5.73 Å². The number of anilines is 2. The Hall–Kier alpha value is -4.36. The van der Waals surface area contributed by atoms with Crippen LogP contribution in [0.5, 0.6) is 0 Å². The van der Waals surface area contributed by atoms with Crippen LogP contribution in [-0.4, -0.2) is 52.9 Å². The maximum Gasteiger partial charge on any atom is 0.490 e. The highest BCUT2D eigenvalue weighted by molar-refractivity contribution is 6.34. The second kappa shape index (κ2) is 14.9. The Kier molecular flexibility index (Phi) is 11.9. The number of carbonyl (C=O) groups is 4. The van der Waals surface area contributed by atoms with Crippen LogP contribution in [0.15, 0.2) is 54.6 Å². The number of urea groups is 1. The molecule has 3 aromatic carbocycles. The molecule has 3 aromatic rings. The van der Waals surface area contributed by atoms with Crippen LogP contribution in [0.1, 0.15) is 35.2 Å². The number of para-hydroxylation sites is 1. The van der Waals surface area contributed by atoms with Crippen molar-refractivity contribution in [1.29, 1.82) is 0 Å². The Morgan fingerprint density at radius 1 is 0.951 bits per heavy atom. The first-order chi connectivity index (χ1) is 19.2. The fraction of sp³-hybridized carbons (Fsp3) is 0.259. The second-order valence-electron chi connectivity index (χ2n) is 8.71. The van der Waals surface area contributed by atoms with Gasteiger partial charge in [0.15, 0.2) is 0 Å². The van der Waals surface area contributed by atoms with E-state index in [1.807, 2.05) is 37.3 Å². The number of rotatable bonds is 9. The van der Waals surface area contributed by atoms with Gasteiger partial charge >= 0.3 is 24.1 Å². The van der Waals surface area contributed by atoms with Crippen molar-refractivity contribution in [1.82, 2.24) is 5.32 Å². The highest BCUT2D eigenvalue weighted by Crippen LogP contribution is 2.27. The Morgan fingerprint density at radius 3 is 2.10 bits per heavy atom. The smallest absolute Gasteiger partial charge is 0.480 e. The van der Waals surface area contributed by atoms with E-state index in [1.54, 1.807) is 24.3 Å². The molecule has 0 unspecified atom stereocenters. The third-order valence-electron chi connectivity index (χ3n) is 5.63. The summed E-state index contributed by atoms with van der Waals surface area (Å²) in [6.45, 7) is 2.26. The molecule has 0 spiro atoms. The Labute approximate surface area is 237 Å². The summed E-state index contributed by atoms with van der Waals surface area (Å²) >= 11 is 6.21. The van der Waals surface area contributed by atoms with E-state index in [9.17, 15) is 32.7 Å². The van der Waals surface area contributed by atoms with Crippen LogP contribution in [0.4, 0.5) is 29.3 Å². The molecule has 14 heteroatoms. The molecule has 0 aromatic heterocycles. The van der Waals surface area contributed by atoms with Gasteiger partial charge in [-0.2, -0.15) is 13.2 Å². The molecule has 3 amide bonds. The average molecular weight is 597 g/mol. The van der Waals surface area contributed by atoms with Crippen LogP contribution in [0.3, 0.4) is 0 Å². The van der Waals surface area contributed by atoms with Gasteiger partial charge in [-0.1, -0.05) is 48.0 Å². The fourth-order valence-electron chi connectivity index (χ4n) is 3.58. The van der Waals surface area contributed by atoms with Crippen LogP contribution in [0.25, 0.3) is 10.8 Å².